The average molecular weight is 333 g/mol. The Morgan fingerprint density at radius 3 is 2.48 bits per heavy atom. The summed E-state index contributed by atoms with van der Waals surface area (Å²) in [6.07, 6.45) is 0.654. The van der Waals surface area contributed by atoms with Gasteiger partial charge in [-0.3, -0.25) is 9.59 Å². The number of ether oxygens (including phenoxy) is 1. The van der Waals surface area contributed by atoms with Crippen molar-refractivity contribution in [2.75, 3.05) is 6.61 Å². The van der Waals surface area contributed by atoms with Gasteiger partial charge in [0.05, 0.1) is 16.7 Å². The van der Waals surface area contributed by atoms with E-state index in [9.17, 15) is 14.7 Å². The van der Waals surface area contributed by atoms with E-state index >= 15 is 0 Å². The van der Waals surface area contributed by atoms with Crippen LogP contribution in [-0.4, -0.2) is 23.7 Å². The first-order valence-electron chi connectivity index (χ1n) is 6.72. The summed E-state index contributed by atoms with van der Waals surface area (Å²) in [6.45, 7) is 3.58. The number of carbonyl (C=O) groups excluding carboxylic acids is 1. The molecule has 0 radical (unpaired) electrons. The molecule has 0 heterocycles. The first kappa shape index (κ1) is 17.8. The van der Waals surface area contributed by atoms with Crippen molar-refractivity contribution in [2.24, 2.45) is 5.41 Å². The van der Waals surface area contributed by atoms with Crippen LogP contribution in [0.4, 0.5) is 0 Å². The fraction of sp³-hybridized carbons (Fsp3) is 0.467. The van der Waals surface area contributed by atoms with Crippen LogP contribution in [0.3, 0.4) is 0 Å². The number of aliphatic carboxylic acids is 1. The Balaban J connectivity index is 3.26. The van der Waals surface area contributed by atoms with Gasteiger partial charge in [0.2, 0.25) is 0 Å². The lowest BCUT2D eigenvalue weighted by Gasteiger charge is -2.27. The van der Waals surface area contributed by atoms with Crippen LogP contribution in [0, 0.1) is 5.41 Å². The zero-order chi connectivity index (χ0) is 16.0. The molecule has 1 aromatic carbocycles. The first-order chi connectivity index (χ1) is 9.89. The van der Waals surface area contributed by atoms with Crippen molar-refractivity contribution in [2.45, 2.75) is 33.1 Å². The summed E-state index contributed by atoms with van der Waals surface area (Å²) in [5.74, 6) is -1.95. The van der Waals surface area contributed by atoms with E-state index < -0.39 is 17.4 Å². The van der Waals surface area contributed by atoms with Crippen LogP contribution in [0.25, 0.3) is 0 Å². The monoisotopic (exact) mass is 332 g/mol. The molecule has 0 saturated heterocycles. The minimum atomic E-state index is -1.64. The zero-order valence-corrected chi connectivity index (χ0v) is 13.5. The molecule has 1 aromatic rings. The van der Waals surface area contributed by atoms with Gasteiger partial charge in [-0.1, -0.05) is 48.7 Å². The topological polar surface area (TPSA) is 63.6 Å². The Morgan fingerprint density at radius 2 is 1.95 bits per heavy atom. The number of carboxylic acid groups (broad SMARTS) is 1. The fourth-order valence-electron chi connectivity index (χ4n) is 2.24. The number of benzene rings is 1. The van der Waals surface area contributed by atoms with Gasteiger partial charge in [-0.05, 0) is 25.0 Å². The Labute approximate surface area is 134 Å². The van der Waals surface area contributed by atoms with Gasteiger partial charge in [-0.2, -0.15) is 0 Å². The third-order valence-electron chi connectivity index (χ3n) is 3.28. The maximum atomic E-state index is 12.2. The van der Waals surface area contributed by atoms with E-state index in [1.807, 2.05) is 6.92 Å². The number of esters is 1. The van der Waals surface area contributed by atoms with Crippen molar-refractivity contribution >= 4 is 35.1 Å². The number of halogens is 2. The fourth-order valence-corrected chi connectivity index (χ4v) is 2.63. The van der Waals surface area contributed by atoms with Gasteiger partial charge >= 0.3 is 11.9 Å². The first-order valence-corrected chi connectivity index (χ1v) is 7.48. The van der Waals surface area contributed by atoms with Crippen LogP contribution < -0.4 is 0 Å². The predicted molar refractivity (Wildman–Crippen MR) is 81.8 cm³/mol. The third-order valence-corrected chi connectivity index (χ3v) is 4.13. The highest BCUT2D eigenvalue weighted by atomic mass is 35.5. The van der Waals surface area contributed by atoms with Gasteiger partial charge in [0.15, 0.2) is 5.41 Å². The van der Waals surface area contributed by atoms with Crippen LogP contribution in [0.15, 0.2) is 18.2 Å². The molecule has 0 fully saturated rings. The molecule has 1 atom stereocenters. The normalized spacial score (nSPS) is 13.5. The summed E-state index contributed by atoms with van der Waals surface area (Å²) in [7, 11) is 0. The number of hydrogen-bond donors (Lipinski definition) is 1. The van der Waals surface area contributed by atoms with Crippen LogP contribution in [-0.2, 0) is 20.7 Å². The lowest BCUT2D eigenvalue weighted by Crippen LogP contribution is -2.42. The van der Waals surface area contributed by atoms with Crippen molar-refractivity contribution in [3.8, 4) is 0 Å². The van der Waals surface area contributed by atoms with E-state index in [-0.39, 0.29) is 24.5 Å². The van der Waals surface area contributed by atoms with Gasteiger partial charge in [-0.15, -0.1) is 0 Å². The van der Waals surface area contributed by atoms with Crippen molar-refractivity contribution < 1.29 is 19.4 Å². The molecular weight excluding hydrogens is 315 g/mol. The summed E-state index contributed by atoms with van der Waals surface area (Å²) >= 11 is 12.1. The van der Waals surface area contributed by atoms with E-state index in [2.05, 4.69) is 0 Å². The van der Waals surface area contributed by atoms with Gasteiger partial charge < -0.3 is 9.84 Å². The number of carboxylic acids is 1. The highest BCUT2D eigenvalue weighted by Crippen LogP contribution is 2.35. The van der Waals surface area contributed by atoms with Crippen LogP contribution in [0.2, 0.25) is 10.0 Å². The van der Waals surface area contributed by atoms with E-state index in [1.54, 1.807) is 25.1 Å². The molecule has 1 unspecified atom stereocenters. The predicted octanol–water partition coefficient (Wildman–Crippen LogP) is 3.97. The molecule has 0 aliphatic heterocycles. The van der Waals surface area contributed by atoms with E-state index in [1.165, 1.54) is 0 Å². The largest absolute Gasteiger partial charge is 0.480 e. The molecule has 0 aromatic heterocycles. The second kappa shape index (κ2) is 7.66. The van der Waals surface area contributed by atoms with Crippen LogP contribution in [0.1, 0.15) is 32.3 Å². The third kappa shape index (κ3) is 3.89. The minimum Gasteiger partial charge on any atom is -0.480 e. The molecule has 1 rings (SSSR count). The summed E-state index contributed by atoms with van der Waals surface area (Å²) < 4.78 is 4.97. The Bertz CT molecular complexity index is 530. The lowest BCUT2D eigenvalue weighted by atomic mass is 9.77. The van der Waals surface area contributed by atoms with E-state index in [0.29, 0.717) is 17.0 Å². The maximum absolute atomic E-state index is 12.2. The molecule has 0 aliphatic carbocycles. The summed E-state index contributed by atoms with van der Waals surface area (Å²) in [6, 6.07) is 4.95. The minimum absolute atomic E-state index is 0.0472. The molecule has 1 N–H and O–H groups in total. The van der Waals surface area contributed by atoms with E-state index in [4.69, 9.17) is 27.9 Å². The molecule has 116 valence electrons. The summed E-state index contributed by atoms with van der Waals surface area (Å²) in [5, 5.41) is 10.2. The molecule has 4 nitrogen and oxygen atoms in total. The molecule has 0 spiro atoms. The quantitative estimate of drug-likeness (QED) is 0.606. The SMILES string of the molecule is CCCC(Cc1cccc(Cl)c1Cl)(C(=O)O)C(=O)OCC. The molecular formula is C15H18Cl2O4. The van der Waals surface area contributed by atoms with Crippen LogP contribution in [0.5, 0.6) is 0 Å². The number of hydrogen-bond acceptors (Lipinski definition) is 3. The van der Waals surface area contributed by atoms with Gasteiger partial charge in [0.25, 0.3) is 0 Å². The lowest BCUT2D eigenvalue weighted by molar-refractivity contribution is -0.169. The molecule has 6 heteroatoms. The maximum Gasteiger partial charge on any atom is 0.323 e. The highest BCUT2D eigenvalue weighted by Gasteiger charge is 2.47. The second-order valence-electron chi connectivity index (χ2n) is 4.75. The van der Waals surface area contributed by atoms with Crippen molar-refractivity contribution in [1.82, 2.24) is 0 Å². The zero-order valence-electron chi connectivity index (χ0n) is 12.0. The van der Waals surface area contributed by atoms with E-state index in [0.717, 1.165) is 0 Å². The molecule has 0 aliphatic rings. The number of rotatable bonds is 7. The molecule has 0 amide bonds. The molecule has 0 bridgehead atoms. The van der Waals surface area contributed by atoms with Gasteiger partial charge in [-0.25, -0.2) is 0 Å². The van der Waals surface area contributed by atoms with Gasteiger partial charge in [0, 0.05) is 6.42 Å². The van der Waals surface area contributed by atoms with Crippen molar-refractivity contribution in [1.29, 1.82) is 0 Å². The Kier molecular flexibility index (Phi) is 6.49. The average Bonchev–Trinajstić information content (AvgIpc) is 2.43. The smallest absolute Gasteiger partial charge is 0.323 e. The Hall–Kier alpha value is -1.26. The van der Waals surface area contributed by atoms with Crippen molar-refractivity contribution in [3.63, 3.8) is 0 Å². The second-order valence-corrected chi connectivity index (χ2v) is 5.53. The summed E-state index contributed by atoms with van der Waals surface area (Å²) in [5.41, 5.74) is -1.12. The standard InChI is InChI=1S/C15H18Cl2O4/c1-3-8-15(13(18)19,14(20)21-4-2)9-10-6-5-7-11(16)12(10)17/h5-7H,3-4,8-9H2,1-2H3,(H,18,19). The Morgan fingerprint density at radius 1 is 1.29 bits per heavy atom. The van der Waals surface area contributed by atoms with Crippen molar-refractivity contribution in [3.05, 3.63) is 33.8 Å². The van der Waals surface area contributed by atoms with Crippen LogP contribution >= 0.6 is 23.2 Å². The summed E-state index contributed by atoms with van der Waals surface area (Å²) in [4.78, 5) is 24.0. The molecule has 21 heavy (non-hydrogen) atoms. The van der Waals surface area contributed by atoms with Gasteiger partial charge in [0.1, 0.15) is 0 Å². The highest BCUT2D eigenvalue weighted by molar-refractivity contribution is 6.42. The molecule has 0 saturated carbocycles. The number of carbonyl (C=O) groups is 2.